The number of rotatable bonds is 5. The predicted molar refractivity (Wildman–Crippen MR) is 91.0 cm³/mol. The van der Waals surface area contributed by atoms with Crippen molar-refractivity contribution in [1.29, 1.82) is 0 Å². The molecule has 3 nitrogen and oxygen atoms in total. The summed E-state index contributed by atoms with van der Waals surface area (Å²) in [6.45, 7) is 5.35. The van der Waals surface area contributed by atoms with Gasteiger partial charge in [0.15, 0.2) is 0 Å². The zero-order valence-corrected chi connectivity index (χ0v) is 14.5. The maximum absolute atomic E-state index is 5.63. The second kappa shape index (κ2) is 6.99. The standard InChI is InChI=1S/C18H22BrNO2/c1-14-2-7-17(22-14)12-20-13-18(8-10-21-11-9-18)15-3-5-16(19)6-4-15/h2-7,20H,8-13H2,1H3. The molecule has 2 heterocycles. The molecule has 1 aliphatic rings. The molecule has 0 unspecified atom stereocenters. The van der Waals surface area contributed by atoms with Crippen LogP contribution in [0.1, 0.15) is 29.9 Å². The van der Waals surface area contributed by atoms with Crippen LogP contribution >= 0.6 is 15.9 Å². The summed E-state index contributed by atoms with van der Waals surface area (Å²) in [5.74, 6) is 1.96. The molecule has 1 aliphatic heterocycles. The molecule has 4 heteroatoms. The lowest BCUT2D eigenvalue weighted by Gasteiger charge is -2.38. The van der Waals surface area contributed by atoms with Crippen molar-refractivity contribution in [3.05, 3.63) is 58.0 Å². The predicted octanol–water partition coefficient (Wildman–Crippen LogP) is 4.19. The van der Waals surface area contributed by atoms with Gasteiger partial charge in [-0.05, 0) is 49.6 Å². The van der Waals surface area contributed by atoms with Crippen molar-refractivity contribution in [3.8, 4) is 0 Å². The number of benzene rings is 1. The summed E-state index contributed by atoms with van der Waals surface area (Å²) in [7, 11) is 0. The van der Waals surface area contributed by atoms with Gasteiger partial charge in [0, 0.05) is 29.6 Å². The Morgan fingerprint density at radius 3 is 2.45 bits per heavy atom. The third-order valence-corrected chi connectivity index (χ3v) is 4.99. The van der Waals surface area contributed by atoms with Crippen LogP contribution < -0.4 is 5.32 Å². The van der Waals surface area contributed by atoms with E-state index in [1.165, 1.54) is 5.56 Å². The van der Waals surface area contributed by atoms with Crippen LogP contribution in [-0.2, 0) is 16.7 Å². The Bertz CT molecular complexity index is 600. The minimum absolute atomic E-state index is 0.153. The number of ether oxygens (including phenoxy) is 1. The Hall–Kier alpha value is -1.10. The highest BCUT2D eigenvalue weighted by atomic mass is 79.9. The van der Waals surface area contributed by atoms with Gasteiger partial charge in [0.25, 0.3) is 0 Å². The number of aryl methyl sites for hydroxylation is 1. The van der Waals surface area contributed by atoms with Crippen molar-refractivity contribution in [3.63, 3.8) is 0 Å². The van der Waals surface area contributed by atoms with Gasteiger partial charge in [0.1, 0.15) is 11.5 Å². The molecule has 2 aromatic rings. The summed E-state index contributed by atoms with van der Waals surface area (Å²) >= 11 is 3.52. The van der Waals surface area contributed by atoms with E-state index in [0.717, 1.165) is 55.1 Å². The van der Waals surface area contributed by atoms with E-state index in [-0.39, 0.29) is 5.41 Å². The van der Waals surface area contributed by atoms with Crippen LogP contribution in [0.5, 0.6) is 0 Å². The average Bonchev–Trinajstić information content (AvgIpc) is 2.94. The molecule has 22 heavy (non-hydrogen) atoms. The average molecular weight is 364 g/mol. The van der Waals surface area contributed by atoms with Gasteiger partial charge in [0.05, 0.1) is 6.54 Å². The van der Waals surface area contributed by atoms with E-state index in [4.69, 9.17) is 9.15 Å². The topological polar surface area (TPSA) is 34.4 Å². The fraction of sp³-hybridized carbons (Fsp3) is 0.444. The van der Waals surface area contributed by atoms with Crippen molar-refractivity contribution >= 4 is 15.9 Å². The first-order chi connectivity index (χ1) is 10.7. The number of halogens is 1. The van der Waals surface area contributed by atoms with Gasteiger partial charge in [-0.15, -0.1) is 0 Å². The Kier molecular flexibility index (Phi) is 5.01. The Labute approximate surface area is 140 Å². The molecule has 0 radical (unpaired) electrons. The molecular weight excluding hydrogens is 342 g/mol. The van der Waals surface area contributed by atoms with E-state index in [9.17, 15) is 0 Å². The molecule has 1 aromatic carbocycles. The first-order valence-corrected chi connectivity index (χ1v) is 8.57. The monoisotopic (exact) mass is 363 g/mol. The quantitative estimate of drug-likeness (QED) is 0.864. The first-order valence-electron chi connectivity index (χ1n) is 7.78. The SMILES string of the molecule is Cc1ccc(CNCC2(c3ccc(Br)cc3)CCOCC2)o1. The minimum Gasteiger partial charge on any atom is -0.465 e. The summed E-state index contributed by atoms with van der Waals surface area (Å²) in [6.07, 6.45) is 2.11. The molecule has 0 aliphatic carbocycles. The first kappa shape index (κ1) is 15.8. The Balaban J connectivity index is 1.70. The molecule has 0 saturated carbocycles. The number of hydrogen-bond donors (Lipinski definition) is 1. The van der Waals surface area contributed by atoms with Crippen LogP contribution in [0.15, 0.2) is 45.3 Å². The van der Waals surface area contributed by atoms with Gasteiger partial charge >= 0.3 is 0 Å². The zero-order valence-electron chi connectivity index (χ0n) is 12.9. The summed E-state index contributed by atoms with van der Waals surface area (Å²) in [6, 6.07) is 12.8. The van der Waals surface area contributed by atoms with E-state index in [1.54, 1.807) is 0 Å². The van der Waals surface area contributed by atoms with Gasteiger partial charge in [-0.2, -0.15) is 0 Å². The number of nitrogens with one attached hydrogen (secondary N) is 1. The largest absolute Gasteiger partial charge is 0.465 e. The van der Waals surface area contributed by atoms with Gasteiger partial charge in [-0.1, -0.05) is 28.1 Å². The third kappa shape index (κ3) is 3.62. The van der Waals surface area contributed by atoms with Crippen molar-refractivity contribution in [1.82, 2.24) is 5.32 Å². The van der Waals surface area contributed by atoms with E-state index >= 15 is 0 Å². The van der Waals surface area contributed by atoms with E-state index in [0.29, 0.717) is 0 Å². The van der Waals surface area contributed by atoms with Crippen LogP contribution in [0.25, 0.3) is 0 Å². The fourth-order valence-electron chi connectivity index (χ4n) is 3.14. The lowest BCUT2D eigenvalue weighted by molar-refractivity contribution is 0.0496. The molecule has 1 N–H and O–H groups in total. The van der Waals surface area contributed by atoms with Crippen LogP contribution in [0.4, 0.5) is 0 Å². The second-order valence-corrected chi connectivity index (χ2v) is 6.93. The van der Waals surface area contributed by atoms with Gasteiger partial charge in [-0.3, -0.25) is 0 Å². The van der Waals surface area contributed by atoms with E-state index in [1.807, 2.05) is 19.1 Å². The number of hydrogen-bond acceptors (Lipinski definition) is 3. The molecule has 3 rings (SSSR count). The third-order valence-electron chi connectivity index (χ3n) is 4.47. The smallest absolute Gasteiger partial charge is 0.117 e. The normalized spacial score (nSPS) is 17.5. The molecule has 0 atom stereocenters. The highest BCUT2D eigenvalue weighted by molar-refractivity contribution is 9.10. The zero-order chi connectivity index (χ0) is 15.4. The van der Waals surface area contributed by atoms with Gasteiger partial charge < -0.3 is 14.5 Å². The van der Waals surface area contributed by atoms with Crippen LogP contribution in [0.2, 0.25) is 0 Å². The highest BCUT2D eigenvalue weighted by Crippen LogP contribution is 2.35. The molecular formula is C18H22BrNO2. The molecule has 1 aromatic heterocycles. The Morgan fingerprint density at radius 2 is 1.82 bits per heavy atom. The Morgan fingerprint density at radius 1 is 1.09 bits per heavy atom. The van der Waals surface area contributed by atoms with Crippen LogP contribution in [0, 0.1) is 6.92 Å². The molecule has 118 valence electrons. The highest BCUT2D eigenvalue weighted by Gasteiger charge is 2.34. The lowest BCUT2D eigenvalue weighted by Crippen LogP contribution is -2.42. The van der Waals surface area contributed by atoms with Crippen molar-refractivity contribution in [2.75, 3.05) is 19.8 Å². The van der Waals surface area contributed by atoms with Crippen molar-refractivity contribution in [2.24, 2.45) is 0 Å². The maximum Gasteiger partial charge on any atom is 0.117 e. The lowest BCUT2D eigenvalue weighted by atomic mass is 9.74. The fourth-order valence-corrected chi connectivity index (χ4v) is 3.40. The van der Waals surface area contributed by atoms with Gasteiger partial charge in [-0.25, -0.2) is 0 Å². The summed E-state index contributed by atoms with van der Waals surface area (Å²) in [5.41, 5.74) is 1.54. The summed E-state index contributed by atoms with van der Waals surface area (Å²) in [4.78, 5) is 0. The second-order valence-electron chi connectivity index (χ2n) is 6.02. The molecule has 0 bridgehead atoms. The molecule has 0 spiro atoms. The van der Waals surface area contributed by atoms with Gasteiger partial charge in [0.2, 0.25) is 0 Å². The summed E-state index contributed by atoms with van der Waals surface area (Å²) < 4.78 is 12.3. The van der Waals surface area contributed by atoms with E-state index < -0.39 is 0 Å². The molecule has 1 saturated heterocycles. The molecule has 1 fully saturated rings. The number of furan rings is 1. The van der Waals surface area contributed by atoms with E-state index in [2.05, 4.69) is 45.5 Å². The maximum atomic E-state index is 5.63. The van der Waals surface area contributed by atoms with Crippen molar-refractivity contribution < 1.29 is 9.15 Å². The van der Waals surface area contributed by atoms with Crippen LogP contribution in [0.3, 0.4) is 0 Å². The minimum atomic E-state index is 0.153. The summed E-state index contributed by atoms with van der Waals surface area (Å²) in [5, 5.41) is 3.58. The van der Waals surface area contributed by atoms with Crippen LogP contribution in [-0.4, -0.2) is 19.8 Å². The van der Waals surface area contributed by atoms with Crippen molar-refractivity contribution in [2.45, 2.75) is 31.7 Å². The molecule has 0 amide bonds.